The number of hydrogen-bond donors (Lipinski definition) is 1. The summed E-state index contributed by atoms with van der Waals surface area (Å²) in [6.07, 6.45) is 6.70. The molecule has 0 aromatic carbocycles. The van der Waals surface area contributed by atoms with Crippen molar-refractivity contribution in [3.8, 4) is 0 Å². The van der Waals surface area contributed by atoms with Crippen molar-refractivity contribution >= 4 is 12.6 Å². The summed E-state index contributed by atoms with van der Waals surface area (Å²) < 4.78 is 1.86. The van der Waals surface area contributed by atoms with Crippen LogP contribution in [0.4, 0.5) is 0 Å². The van der Waals surface area contributed by atoms with E-state index in [1.165, 1.54) is 18.4 Å². The van der Waals surface area contributed by atoms with E-state index in [4.69, 9.17) is 0 Å². The predicted molar refractivity (Wildman–Crippen MR) is 65.1 cm³/mol. The molecule has 0 amide bonds. The van der Waals surface area contributed by atoms with Gasteiger partial charge in [-0.2, -0.15) is 17.7 Å². The lowest BCUT2D eigenvalue weighted by Crippen LogP contribution is -2.27. The standard InChI is InChI=1S/C11H19N3S/c1-13(8-11(9-15)3-4-11)6-10-5-12-14(2)7-10/h5,7,15H,3-4,6,8-9H2,1-2H3. The van der Waals surface area contributed by atoms with Crippen molar-refractivity contribution in [2.75, 3.05) is 19.3 Å². The highest BCUT2D eigenvalue weighted by atomic mass is 32.1. The van der Waals surface area contributed by atoms with Crippen LogP contribution in [-0.4, -0.2) is 34.0 Å². The summed E-state index contributed by atoms with van der Waals surface area (Å²) in [5, 5.41) is 4.18. The monoisotopic (exact) mass is 225 g/mol. The summed E-state index contributed by atoms with van der Waals surface area (Å²) in [6.45, 7) is 2.15. The van der Waals surface area contributed by atoms with Crippen LogP contribution in [0.15, 0.2) is 12.4 Å². The van der Waals surface area contributed by atoms with Crippen molar-refractivity contribution in [3.05, 3.63) is 18.0 Å². The van der Waals surface area contributed by atoms with Crippen LogP contribution in [0.1, 0.15) is 18.4 Å². The number of thiol groups is 1. The lowest BCUT2D eigenvalue weighted by molar-refractivity contribution is 0.270. The lowest BCUT2D eigenvalue weighted by atomic mass is 10.1. The van der Waals surface area contributed by atoms with Gasteiger partial charge in [-0.25, -0.2) is 0 Å². The Morgan fingerprint density at radius 3 is 2.80 bits per heavy atom. The van der Waals surface area contributed by atoms with Crippen LogP contribution in [0, 0.1) is 5.41 Å². The molecule has 0 unspecified atom stereocenters. The quantitative estimate of drug-likeness (QED) is 0.768. The zero-order chi connectivity index (χ0) is 10.9. The highest BCUT2D eigenvalue weighted by Gasteiger charge is 2.41. The molecule has 0 bridgehead atoms. The van der Waals surface area contributed by atoms with Crippen molar-refractivity contribution < 1.29 is 0 Å². The van der Waals surface area contributed by atoms with Gasteiger partial charge >= 0.3 is 0 Å². The summed E-state index contributed by atoms with van der Waals surface area (Å²) >= 11 is 4.43. The van der Waals surface area contributed by atoms with Gasteiger partial charge < -0.3 is 4.90 Å². The van der Waals surface area contributed by atoms with Gasteiger partial charge in [0.25, 0.3) is 0 Å². The summed E-state index contributed by atoms with van der Waals surface area (Å²) in [6, 6.07) is 0. The fourth-order valence-corrected chi connectivity index (χ4v) is 2.45. The Kier molecular flexibility index (Phi) is 3.07. The van der Waals surface area contributed by atoms with E-state index in [0.717, 1.165) is 18.8 Å². The van der Waals surface area contributed by atoms with E-state index in [1.54, 1.807) is 0 Å². The first kappa shape index (κ1) is 11.0. The Hall–Kier alpha value is -0.480. The number of aromatic nitrogens is 2. The highest BCUT2D eigenvalue weighted by Crippen LogP contribution is 2.46. The van der Waals surface area contributed by atoms with E-state index in [9.17, 15) is 0 Å². The minimum Gasteiger partial charge on any atom is -0.301 e. The zero-order valence-corrected chi connectivity index (χ0v) is 10.4. The molecule has 1 fully saturated rings. The molecule has 0 atom stereocenters. The minimum absolute atomic E-state index is 0.514. The van der Waals surface area contributed by atoms with Crippen molar-refractivity contribution in [1.29, 1.82) is 0 Å². The van der Waals surface area contributed by atoms with Gasteiger partial charge in [-0.05, 0) is 31.1 Å². The van der Waals surface area contributed by atoms with Gasteiger partial charge in [-0.3, -0.25) is 4.68 Å². The van der Waals surface area contributed by atoms with Gasteiger partial charge in [0.2, 0.25) is 0 Å². The van der Waals surface area contributed by atoms with Gasteiger partial charge in [0.1, 0.15) is 0 Å². The summed E-state index contributed by atoms with van der Waals surface area (Å²) in [5.74, 6) is 1.02. The van der Waals surface area contributed by atoms with Crippen molar-refractivity contribution in [3.63, 3.8) is 0 Å². The smallest absolute Gasteiger partial charge is 0.0534 e. The Bertz CT molecular complexity index is 330. The fourth-order valence-electron chi connectivity index (χ4n) is 2.04. The molecule has 4 heteroatoms. The normalized spacial score (nSPS) is 18.4. The Morgan fingerprint density at radius 2 is 2.33 bits per heavy atom. The Morgan fingerprint density at radius 1 is 1.60 bits per heavy atom. The average Bonchev–Trinajstić information content (AvgIpc) is 2.84. The van der Waals surface area contributed by atoms with E-state index >= 15 is 0 Å². The van der Waals surface area contributed by atoms with E-state index in [-0.39, 0.29) is 0 Å². The van der Waals surface area contributed by atoms with Gasteiger partial charge in [0, 0.05) is 31.9 Å². The molecule has 0 saturated heterocycles. The maximum absolute atomic E-state index is 4.43. The first-order valence-electron chi connectivity index (χ1n) is 5.40. The first-order chi connectivity index (χ1) is 7.13. The molecule has 0 N–H and O–H groups in total. The van der Waals surface area contributed by atoms with Crippen LogP contribution in [0.25, 0.3) is 0 Å². The maximum atomic E-state index is 4.43. The minimum atomic E-state index is 0.514. The summed E-state index contributed by atoms with van der Waals surface area (Å²) in [4.78, 5) is 2.38. The third-order valence-electron chi connectivity index (χ3n) is 3.11. The Balaban J connectivity index is 1.84. The van der Waals surface area contributed by atoms with Crippen LogP contribution in [0.2, 0.25) is 0 Å². The second kappa shape index (κ2) is 4.18. The summed E-state index contributed by atoms with van der Waals surface area (Å²) in [7, 11) is 4.14. The zero-order valence-electron chi connectivity index (χ0n) is 9.48. The van der Waals surface area contributed by atoms with Crippen LogP contribution in [-0.2, 0) is 13.6 Å². The van der Waals surface area contributed by atoms with Gasteiger partial charge in [0.15, 0.2) is 0 Å². The second-order valence-corrected chi connectivity index (χ2v) is 5.17. The third kappa shape index (κ3) is 2.75. The molecule has 0 spiro atoms. The number of hydrogen-bond acceptors (Lipinski definition) is 3. The van der Waals surface area contributed by atoms with Crippen LogP contribution in [0.5, 0.6) is 0 Å². The largest absolute Gasteiger partial charge is 0.301 e. The molecule has 2 rings (SSSR count). The average molecular weight is 225 g/mol. The SMILES string of the molecule is CN(Cc1cnn(C)c1)CC1(CS)CC1. The predicted octanol–water partition coefficient (Wildman–Crippen LogP) is 1.56. The maximum Gasteiger partial charge on any atom is 0.0534 e. The molecule has 1 heterocycles. The lowest BCUT2D eigenvalue weighted by Gasteiger charge is -2.21. The van der Waals surface area contributed by atoms with Crippen LogP contribution in [0.3, 0.4) is 0 Å². The molecule has 3 nitrogen and oxygen atoms in total. The van der Waals surface area contributed by atoms with Crippen LogP contribution < -0.4 is 0 Å². The molecular formula is C11H19N3S. The van der Waals surface area contributed by atoms with Gasteiger partial charge in [-0.1, -0.05) is 0 Å². The molecule has 15 heavy (non-hydrogen) atoms. The van der Waals surface area contributed by atoms with Crippen molar-refractivity contribution in [2.45, 2.75) is 19.4 Å². The van der Waals surface area contributed by atoms with Gasteiger partial charge in [-0.15, -0.1) is 0 Å². The molecule has 1 aromatic rings. The van der Waals surface area contributed by atoms with Crippen molar-refractivity contribution in [2.24, 2.45) is 12.5 Å². The highest BCUT2D eigenvalue weighted by molar-refractivity contribution is 7.80. The molecule has 1 saturated carbocycles. The second-order valence-electron chi connectivity index (χ2n) is 4.85. The molecule has 1 aromatic heterocycles. The molecule has 1 aliphatic rings. The van der Waals surface area contributed by atoms with Crippen LogP contribution >= 0.6 is 12.6 Å². The number of aryl methyl sites for hydroxylation is 1. The number of nitrogens with zero attached hydrogens (tertiary/aromatic N) is 3. The number of rotatable bonds is 5. The molecule has 1 aliphatic carbocycles. The topological polar surface area (TPSA) is 21.1 Å². The van der Waals surface area contributed by atoms with Gasteiger partial charge in [0.05, 0.1) is 6.20 Å². The summed E-state index contributed by atoms with van der Waals surface area (Å²) in [5.41, 5.74) is 1.80. The molecular weight excluding hydrogens is 206 g/mol. The molecule has 84 valence electrons. The fraction of sp³-hybridized carbons (Fsp3) is 0.727. The molecule has 0 aliphatic heterocycles. The molecule has 0 radical (unpaired) electrons. The first-order valence-corrected chi connectivity index (χ1v) is 6.04. The third-order valence-corrected chi connectivity index (χ3v) is 3.78. The van der Waals surface area contributed by atoms with E-state index < -0.39 is 0 Å². The van der Waals surface area contributed by atoms with E-state index in [0.29, 0.717) is 5.41 Å². The Labute approximate surface area is 96.9 Å². The van der Waals surface area contributed by atoms with E-state index in [1.807, 2.05) is 17.9 Å². The van der Waals surface area contributed by atoms with Crippen molar-refractivity contribution in [1.82, 2.24) is 14.7 Å². The van der Waals surface area contributed by atoms with E-state index in [2.05, 4.69) is 35.9 Å².